The van der Waals surface area contributed by atoms with Gasteiger partial charge in [-0.25, -0.2) is 0 Å². The van der Waals surface area contributed by atoms with Gasteiger partial charge in [-0.05, 0) is 50.9 Å². The highest BCUT2D eigenvalue weighted by atomic mass is 35.5. The number of non-ortho nitro benzene ring substituents is 1. The number of halogens is 1. The van der Waals surface area contributed by atoms with E-state index >= 15 is 0 Å². The van der Waals surface area contributed by atoms with E-state index in [0.29, 0.717) is 12.5 Å². The molecule has 0 radical (unpaired) electrons. The van der Waals surface area contributed by atoms with Gasteiger partial charge in [0.25, 0.3) is 5.69 Å². The van der Waals surface area contributed by atoms with Crippen LogP contribution in [0, 0.1) is 16.0 Å². The summed E-state index contributed by atoms with van der Waals surface area (Å²) < 4.78 is 0. The third kappa shape index (κ3) is 6.37. The van der Waals surface area contributed by atoms with Crippen LogP contribution >= 0.6 is 24.2 Å². The van der Waals surface area contributed by atoms with Crippen LogP contribution in [0.15, 0.2) is 29.2 Å². The van der Waals surface area contributed by atoms with Crippen molar-refractivity contribution >= 4 is 35.8 Å². The van der Waals surface area contributed by atoms with Crippen LogP contribution in [0.2, 0.25) is 0 Å². The van der Waals surface area contributed by atoms with Gasteiger partial charge in [0.2, 0.25) is 5.91 Å². The fourth-order valence-electron chi connectivity index (χ4n) is 2.39. The van der Waals surface area contributed by atoms with E-state index in [2.05, 4.69) is 10.6 Å². The molecule has 2 rings (SSSR count). The van der Waals surface area contributed by atoms with Gasteiger partial charge >= 0.3 is 0 Å². The predicted molar refractivity (Wildman–Crippen MR) is 94.3 cm³/mol. The van der Waals surface area contributed by atoms with Crippen molar-refractivity contribution in [3.8, 4) is 0 Å². The number of carbonyl (C=O) groups is 1. The number of thioether (sulfide) groups is 1. The van der Waals surface area contributed by atoms with Crippen LogP contribution in [0.3, 0.4) is 0 Å². The number of nitro benzene ring substituents is 1. The highest BCUT2D eigenvalue weighted by molar-refractivity contribution is 8.00. The zero-order valence-corrected chi connectivity index (χ0v) is 14.6. The van der Waals surface area contributed by atoms with Crippen molar-refractivity contribution in [1.29, 1.82) is 0 Å². The van der Waals surface area contributed by atoms with Crippen molar-refractivity contribution in [3.05, 3.63) is 34.4 Å². The number of carbonyl (C=O) groups excluding carboxylic acids is 1. The maximum Gasteiger partial charge on any atom is 0.269 e. The molecule has 23 heavy (non-hydrogen) atoms. The first-order valence-electron chi connectivity index (χ1n) is 7.46. The molecule has 1 saturated heterocycles. The number of nitrogens with zero attached hydrogens (tertiary/aromatic N) is 1. The molecule has 1 aromatic carbocycles. The van der Waals surface area contributed by atoms with Crippen LogP contribution in [0.5, 0.6) is 0 Å². The molecule has 0 saturated carbocycles. The minimum Gasteiger partial charge on any atom is -0.355 e. The Labute approximate surface area is 146 Å². The molecular formula is C15H22ClN3O3S. The van der Waals surface area contributed by atoms with E-state index in [1.54, 1.807) is 12.1 Å². The lowest BCUT2D eigenvalue weighted by Crippen LogP contribution is -2.40. The molecule has 2 N–H and O–H groups in total. The van der Waals surface area contributed by atoms with Crippen LogP contribution in [0.25, 0.3) is 0 Å². The lowest BCUT2D eigenvalue weighted by Gasteiger charge is -2.23. The number of amides is 1. The Balaban J connectivity index is 0.00000264. The van der Waals surface area contributed by atoms with Crippen LogP contribution in [0.1, 0.15) is 19.8 Å². The van der Waals surface area contributed by atoms with Gasteiger partial charge in [0.1, 0.15) is 0 Å². The molecule has 0 aliphatic carbocycles. The van der Waals surface area contributed by atoms with Gasteiger partial charge in [-0.2, -0.15) is 0 Å². The first-order valence-corrected chi connectivity index (χ1v) is 8.34. The number of nitrogens with one attached hydrogen (secondary N) is 2. The average Bonchev–Trinajstić information content (AvgIpc) is 2.54. The summed E-state index contributed by atoms with van der Waals surface area (Å²) >= 11 is 1.41. The number of nitro groups is 1. The SMILES string of the molecule is CC(Sc1ccc([N+](=O)[O-])cc1)C(=O)NCC1CCCNC1.Cl. The normalized spacial score (nSPS) is 18.6. The van der Waals surface area contributed by atoms with Gasteiger partial charge < -0.3 is 10.6 Å². The molecule has 6 nitrogen and oxygen atoms in total. The summed E-state index contributed by atoms with van der Waals surface area (Å²) in [5, 5.41) is 16.7. The van der Waals surface area contributed by atoms with Crippen LogP contribution in [0.4, 0.5) is 5.69 Å². The van der Waals surface area contributed by atoms with E-state index in [-0.39, 0.29) is 29.3 Å². The molecule has 1 aliphatic rings. The molecule has 0 spiro atoms. The maximum atomic E-state index is 12.1. The summed E-state index contributed by atoms with van der Waals surface area (Å²) in [6, 6.07) is 6.27. The number of hydrogen-bond donors (Lipinski definition) is 2. The van der Waals surface area contributed by atoms with E-state index in [1.165, 1.54) is 23.9 Å². The lowest BCUT2D eigenvalue weighted by molar-refractivity contribution is -0.384. The van der Waals surface area contributed by atoms with Crippen molar-refractivity contribution in [3.63, 3.8) is 0 Å². The van der Waals surface area contributed by atoms with Crippen molar-refractivity contribution in [2.24, 2.45) is 5.92 Å². The minimum absolute atomic E-state index is 0. The van der Waals surface area contributed by atoms with Gasteiger partial charge in [0.05, 0.1) is 10.2 Å². The molecule has 128 valence electrons. The van der Waals surface area contributed by atoms with Crippen molar-refractivity contribution < 1.29 is 9.72 Å². The van der Waals surface area contributed by atoms with Crippen LogP contribution in [-0.4, -0.2) is 35.7 Å². The Morgan fingerprint density at radius 3 is 2.74 bits per heavy atom. The second-order valence-electron chi connectivity index (χ2n) is 5.47. The topological polar surface area (TPSA) is 84.3 Å². The van der Waals surface area contributed by atoms with Crippen molar-refractivity contribution in [2.75, 3.05) is 19.6 Å². The molecule has 1 aliphatic heterocycles. The predicted octanol–water partition coefficient (Wildman–Crippen LogP) is 2.61. The van der Waals surface area contributed by atoms with E-state index in [9.17, 15) is 14.9 Å². The molecule has 1 amide bonds. The summed E-state index contributed by atoms with van der Waals surface area (Å²) in [4.78, 5) is 23.1. The molecule has 2 unspecified atom stereocenters. The summed E-state index contributed by atoms with van der Waals surface area (Å²) in [6.07, 6.45) is 2.31. The Morgan fingerprint density at radius 2 is 2.17 bits per heavy atom. The summed E-state index contributed by atoms with van der Waals surface area (Å²) in [5.41, 5.74) is 0.0613. The van der Waals surface area contributed by atoms with Crippen molar-refractivity contribution in [1.82, 2.24) is 10.6 Å². The zero-order valence-electron chi connectivity index (χ0n) is 13.0. The molecule has 1 aromatic rings. The van der Waals surface area contributed by atoms with Gasteiger partial charge in [-0.3, -0.25) is 14.9 Å². The molecule has 1 fully saturated rings. The van der Waals surface area contributed by atoms with Gasteiger partial charge in [0.15, 0.2) is 0 Å². The van der Waals surface area contributed by atoms with E-state index < -0.39 is 4.92 Å². The summed E-state index contributed by atoms with van der Waals surface area (Å²) in [7, 11) is 0. The molecule has 2 atom stereocenters. The highest BCUT2D eigenvalue weighted by Crippen LogP contribution is 2.25. The van der Waals surface area contributed by atoms with Gasteiger partial charge in [0, 0.05) is 23.6 Å². The standard InChI is InChI=1S/C15H21N3O3S.ClH/c1-11(15(19)17-10-12-3-2-8-16-9-12)22-14-6-4-13(5-7-14)18(20)21;/h4-7,11-12,16H,2-3,8-10H2,1H3,(H,17,19);1H. The first-order chi connectivity index (χ1) is 10.6. The Morgan fingerprint density at radius 1 is 1.48 bits per heavy atom. The largest absolute Gasteiger partial charge is 0.355 e. The maximum absolute atomic E-state index is 12.1. The average molecular weight is 360 g/mol. The smallest absolute Gasteiger partial charge is 0.269 e. The van der Waals surface area contributed by atoms with Crippen LogP contribution in [-0.2, 0) is 4.79 Å². The highest BCUT2D eigenvalue weighted by Gasteiger charge is 2.18. The van der Waals surface area contributed by atoms with Crippen LogP contribution < -0.4 is 10.6 Å². The second kappa shape index (κ2) is 9.75. The molecule has 1 heterocycles. The lowest BCUT2D eigenvalue weighted by atomic mass is 10.00. The first kappa shape index (κ1) is 19.7. The van der Waals surface area contributed by atoms with Crippen molar-refractivity contribution in [2.45, 2.75) is 29.9 Å². The Bertz CT molecular complexity index is 521. The van der Waals surface area contributed by atoms with Gasteiger partial charge in [-0.1, -0.05) is 0 Å². The monoisotopic (exact) mass is 359 g/mol. The van der Waals surface area contributed by atoms with Gasteiger partial charge in [-0.15, -0.1) is 24.2 Å². The molecule has 8 heteroatoms. The van der Waals surface area contributed by atoms with E-state index in [0.717, 1.165) is 30.8 Å². The third-order valence-electron chi connectivity index (χ3n) is 3.69. The molecular weight excluding hydrogens is 338 g/mol. The van der Waals surface area contributed by atoms with E-state index in [4.69, 9.17) is 0 Å². The summed E-state index contributed by atoms with van der Waals surface area (Å²) in [5.74, 6) is 0.517. The molecule has 0 bridgehead atoms. The number of rotatable bonds is 6. The number of hydrogen-bond acceptors (Lipinski definition) is 5. The molecule has 0 aromatic heterocycles. The number of benzene rings is 1. The fraction of sp³-hybridized carbons (Fsp3) is 0.533. The second-order valence-corrected chi connectivity index (χ2v) is 6.88. The number of piperidine rings is 1. The van der Waals surface area contributed by atoms with E-state index in [1.807, 2.05) is 6.92 Å². The Hall–Kier alpha value is -1.31. The Kier molecular flexibility index (Phi) is 8.36. The quantitative estimate of drug-likeness (QED) is 0.463. The minimum atomic E-state index is -0.428. The zero-order chi connectivity index (χ0) is 15.9. The summed E-state index contributed by atoms with van der Waals surface area (Å²) in [6.45, 7) is 4.58. The fourth-order valence-corrected chi connectivity index (χ4v) is 3.28. The third-order valence-corrected chi connectivity index (χ3v) is 4.81.